The van der Waals surface area contributed by atoms with E-state index in [-0.39, 0.29) is 0 Å². The fraction of sp³-hybridized carbons (Fsp3) is 0.0909. The van der Waals surface area contributed by atoms with Gasteiger partial charge in [-0.05, 0) is 18.2 Å². The van der Waals surface area contributed by atoms with Crippen LogP contribution in [0.1, 0.15) is 5.69 Å². The fourth-order valence-electron chi connectivity index (χ4n) is 1.15. The maximum absolute atomic E-state index is 5.83. The van der Waals surface area contributed by atoms with E-state index in [4.69, 9.17) is 22.1 Å². The Bertz CT molecular complexity index is 473. The average molecular weight is 236 g/mol. The highest BCUT2D eigenvalue weighted by Crippen LogP contribution is 2.21. The number of benzene rings is 1. The molecule has 0 spiro atoms. The van der Waals surface area contributed by atoms with Gasteiger partial charge in [0.1, 0.15) is 5.75 Å². The normalized spacial score (nSPS) is 10.1. The summed E-state index contributed by atoms with van der Waals surface area (Å²) in [6.45, 7) is 0.366. The minimum atomic E-state index is 0.366. The molecule has 0 atom stereocenters. The smallest absolute Gasteiger partial charge is 0.237 e. The van der Waals surface area contributed by atoms with E-state index in [1.165, 1.54) is 6.20 Å². The van der Waals surface area contributed by atoms with Gasteiger partial charge >= 0.3 is 0 Å². The highest BCUT2D eigenvalue weighted by Gasteiger charge is 2.00. The first kappa shape index (κ1) is 10.9. The van der Waals surface area contributed by atoms with E-state index in [9.17, 15) is 0 Å². The van der Waals surface area contributed by atoms with Crippen LogP contribution >= 0.6 is 11.6 Å². The first-order chi connectivity index (χ1) is 7.78. The lowest BCUT2D eigenvalue weighted by atomic mass is 10.3. The zero-order valence-corrected chi connectivity index (χ0v) is 9.19. The second-order valence-corrected chi connectivity index (χ2v) is 3.55. The van der Waals surface area contributed by atoms with E-state index in [1.54, 1.807) is 30.5 Å². The van der Waals surface area contributed by atoms with Crippen LogP contribution in [-0.4, -0.2) is 9.97 Å². The number of nitrogens with zero attached hydrogens (tertiary/aromatic N) is 2. The SMILES string of the molecule is NCc1cnc(Oc2cccc(Cl)c2)cn1. The summed E-state index contributed by atoms with van der Waals surface area (Å²) in [5.74, 6) is 1.04. The molecule has 1 heterocycles. The molecule has 2 N–H and O–H groups in total. The van der Waals surface area contributed by atoms with Crippen LogP contribution in [0, 0.1) is 0 Å². The Morgan fingerprint density at radius 3 is 2.75 bits per heavy atom. The molecule has 0 radical (unpaired) electrons. The van der Waals surface area contributed by atoms with Gasteiger partial charge in [-0.2, -0.15) is 0 Å². The van der Waals surface area contributed by atoms with Crippen LogP contribution in [0.3, 0.4) is 0 Å². The zero-order valence-electron chi connectivity index (χ0n) is 8.43. The molecule has 0 unspecified atom stereocenters. The van der Waals surface area contributed by atoms with Gasteiger partial charge in [-0.15, -0.1) is 0 Å². The van der Waals surface area contributed by atoms with Crippen molar-refractivity contribution in [1.29, 1.82) is 0 Å². The quantitative estimate of drug-likeness (QED) is 0.887. The fourth-order valence-corrected chi connectivity index (χ4v) is 1.33. The molecule has 1 aromatic heterocycles. The number of nitrogens with two attached hydrogens (primary N) is 1. The van der Waals surface area contributed by atoms with E-state index in [0.29, 0.717) is 23.2 Å². The molecule has 0 aliphatic rings. The Labute approximate surface area is 98.0 Å². The van der Waals surface area contributed by atoms with Gasteiger partial charge in [0.25, 0.3) is 0 Å². The second-order valence-electron chi connectivity index (χ2n) is 3.11. The first-order valence-corrected chi connectivity index (χ1v) is 5.10. The van der Waals surface area contributed by atoms with Gasteiger partial charge in [-0.3, -0.25) is 4.98 Å². The zero-order chi connectivity index (χ0) is 11.4. The monoisotopic (exact) mass is 235 g/mol. The molecule has 0 amide bonds. The average Bonchev–Trinajstić information content (AvgIpc) is 2.30. The summed E-state index contributed by atoms with van der Waals surface area (Å²) >= 11 is 5.83. The number of hydrogen-bond acceptors (Lipinski definition) is 4. The number of rotatable bonds is 3. The van der Waals surface area contributed by atoms with Crippen molar-refractivity contribution < 1.29 is 4.74 Å². The summed E-state index contributed by atoms with van der Waals surface area (Å²) in [6, 6.07) is 7.08. The van der Waals surface area contributed by atoms with Crippen molar-refractivity contribution in [2.75, 3.05) is 0 Å². The third-order valence-electron chi connectivity index (χ3n) is 1.91. The van der Waals surface area contributed by atoms with Gasteiger partial charge in [0.15, 0.2) is 0 Å². The summed E-state index contributed by atoms with van der Waals surface area (Å²) in [5, 5.41) is 0.615. The molecule has 5 heteroatoms. The summed E-state index contributed by atoms with van der Waals surface area (Å²) in [6.07, 6.45) is 3.11. The molecule has 0 aliphatic heterocycles. The minimum absolute atomic E-state index is 0.366. The van der Waals surface area contributed by atoms with E-state index in [0.717, 1.165) is 5.69 Å². The van der Waals surface area contributed by atoms with Gasteiger partial charge in [-0.1, -0.05) is 17.7 Å². The van der Waals surface area contributed by atoms with Crippen LogP contribution in [-0.2, 0) is 6.54 Å². The Morgan fingerprint density at radius 2 is 2.12 bits per heavy atom. The first-order valence-electron chi connectivity index (χ1n) is 4.72. The number of halogens is 1. The largest absolute Gasteiger partial charge is 0.437 e. The third kappa shape index (κ3) is 2.68. The lowest BCUT2D eigenvalue weighted by Gasteiger charge is -2.04. The Hall–Kier alpha value is -1.65. The van der Waals surface area contributed by atoms with E-state index in [2.05, 4.69) is 9.97 Å². The molecule has 16 heavy (non-hydrogen) atoms. The molecule has 82 valence electrons. The van der Waals surface area contributed by atoms with Crippen molar-refractivity contribution in [3.63, 3.8) is 0 Å². The third-order valence-corrected chi connectivity index (χ3v) is 2.14. The van der Waals surface area contributed by atoms with Gasteiger partial charge in [0.05, 0.1) is 18.1 Å². The number of hydrogen-bond donors (Lipinski definition) is 1. The Balaban J connectivity index is 2.14. The predicted octanol–water partition coefficient (Wildman–Crippen LogP) is 2.38. The molecule has 0 aliphatic carbocycles. The summed E-state index contributed by atoms with van der Waals surface area (Å²) in [7, 11) is 0. The van der Waals surface area contributed by atoms with Crippen LogP contribution in [0.4, 0.5) is 0 Å². The van der Waals surface area contributed by atoms with Crippen molar-refractivity contribution in [1.82, 2.24) is 9.97 Å². The summed E-state index contributed by atoms with van der Waals surface area (Å²) < 4.78 is 5.46. The van der Waals surface area contributed by atoms with Crippen molar-refractivity contribution in [3.8, 4) is 11.6 Å². The van der Waals surface area contributed by atoms with Crippen LogP contribution in [0.15, 0.2) is 36.7 Å². The molecule has 4 nitrogen and oxygen atoms in total. The lowest BCUT2D eigenvalue weighted by molar-refractivity contribution is 0.459. The van der Waals surface area contributed by atoms with Gasteiger partial charge in [-0.25, -0.2) is 4.98 Å². The molecule has 2 rings (SSSR count). The lowest BCUT2D eigenvalue weighted by Crippen LogP contribution is -2.00. The predicted molar refractivity (Wildman–Crippen MR) is 61.4 cm³/mol. The van der Waals surface area contributed by atoms with Crippen molar-refractivity contribution in [3.05, 3.63) is 47.4 Å². The van der Waals surface area contributed by atoms with E-state index < -0.39 is 0 Å². The highest BCUT2D eigenvalue weighted by molar-refractivity contribution is 6.30. The molecule has 0 saturated carbocycles. The number of aromatic nitrogens is 2. The topological polar surface area (TPSA) is 61.0 Å². The van der Waals surface area contributed by atoms with Crippen LogP contribution in [0.2, 0.25) is 5.02 Å². The van der Waals surface area contributed by atoms with E-state index >= 15 is 0 Å². The number of ether oxygens (including phenoxy) is 1. The molecule has 0 saturated heterocycles. The van der Waals surface area contributed by atoms with Crippen molar-refractivity contribution in [2.45, 2.75) is 6.54 Å². The van der Waals surface area contributed by atoms with Crippen molar-refractivity contribution in [2.24, 2.45) is 5.73 Å². The minimum Gasteiger partial charge on any atom is -0.437 e. The van der Waals surface area contributed by atoms with Crippen LogP contribution < -0.4 is 10.5 Å². The molecule has 0 bridgehead atoms. The summed E-state index contributed by atoms with van der Waals surface area (Å²) in [4.78, 5) is 8.14. The van der Waals surface area contributed by atoms with E-state index in [1.807, 2.05) is 0 Å². The molecule has 1 aromatic carbocycles. The van der Waals surface area contributed by atoms with Gasteiger partial charge in [0.2, 0.25) is 5.88 Å². The second kappa shape index (κ2) is 4.92. The Morgan fingerprint density at radius 1 is 1.25 bits per heavy atom. The van der Waals surface area contributed by atoms with Crippen molar-refractivity contribution >= 4 is 11.6 Å². The summed E-state index contributed by atoms with van der Waals surface area (Å²) in [5.41, 5.74) is 6.13. The van der Waals surface area contributed by atoms with Gasteiger partial charge < -0.3 is 10.5 Å². The molecule has 2 aromatic rings. The maximum Gasteiger partial charge on any atom is 0.237 e. The molecule has 0 fully saturated rings. The van der Waals surface area contributed by atoms with Crippen LogP contribution in [0.5, 0.6) is 11.6 Å². The van der Waals surface area contributed by atoms with Gasteiger partial charge in [0, 0.05) is 11.6 Å². The molecular formula is C11H10ClN3O. The van der Waals surface area contributed by atoms with Crippen LogP contribution in [0.25, 0.3) is 0 Å². The highest BCUT2D eigenvalue weighted by atomic mass is 35.5. The Kier molecular flexibility index (Phi) is 3.34. The standard InChI is InChI=1S/C11H10ClN3O/c12-8-2-1-3-10(4-8)16-11-7-14-9(5-13)6-15-11/h1-4,6-7H,5,13H2. The molecular weight excluding hydrogens is 226 g/mol. The maximum atomic E-state index is 5.83.